The Hall–Kier alpha value is -6.41. The zero-order valence-electron chi connectivity index (χ0n) is 38.2. The molecule has 3 heterocycles. The summed E-state index contributed by atoms with van der Waals surface area (Å²) in [6, 6.07) is 32.2. The SMILES string of the molecule is COc1ccc(CN(Cc2ccc(OC)cc2)S(=O)(=O)c2ccn(CC3CN(C(=O)OC(C)(C)C)C3)n2)cc1.COc1ccc(CN(Cc2ccc(OC)cc2)S(=O)(=O)c2ccn[nH]2)cc1. The van der Waals surface area contributed by atoms with E-state index in [0.29, 0.717) is 31.1 Å². The van der Waals surface area contributed by atoms with Crippen molar-refractivity contribution < 1.29 is 45.3 Å². The van der Waals surface area contributed by atoms with Gasteiger partial charge in [-0.3, -0.25) is 9.78 Å². The van der Waals surface area contributed by atoms with Crippen LogP contribution < -0.4 is 18.9 Å². The maximum atomic E-state index is 13.8. The second kappa shape index (κ2) is 21.7. The number of ether oxygens (including phenoxy) is 5. The Balaban J connectivity index is 0.000000233. The summed E-state index contributed by atoms with van der Waals surface area (Å²) in [4.78, 5) is 13.8. The molecule has 1 aliphatic heterocycles. The molecule has 4 aromatic carbocycles. The Bertz CT molecular complexity index is 2580. The summed E-state index contributed by atoms with van der Waals surface area (Å²) in [5.41, 5.74) is 2.81. The van der Waals surface area contributed by atoms with Crippen LogP contribution in [0, 0.1) is 5.92 Å². The molecule has 2 aromatic heterocycles. The van der Waals surface area contributed by atoms with E-state index in [-0.39, 0.29) is 48.2 Å². The van der Waals surface area contributed by atoms with Crippen molar-refractivity contribution in [3.05, 3.63) is 144 Å². The van der Waals surface area contributed by atoms with Crippen molar-refractivity contribution >= 4 is 26.1 Å². The quantitative estimate of drug-likeness (QED) is 0.0934. The first-order valence-corrected chi connectivity index (χ1v) is 23.9. The van der Waals surface area contributed by atoms with Crippen LogP contribution in [0.4, 0.5) is 4.79 Å². The predicted molar refractivity (Wildman–Crippen MR) is 247 cm³/mol. The highest BCUT2D eigenvalue weighted by Crippen LogP contribution is 2.26. The van der Waals surface area contributed by atoms with Crippen molar-refractivity contribution in [1.82, 2.24) is 33.5 Å². The largest absolute Gasteiger partial charge is 0.497 e. The fourth-order valence-electron chi connectivity index (χ4n) is 6.86. The summed E-state index contributed by atoms with van der Waals surface area (Å²) in [6.07, 6.45) is 2.75. The second-order valence-electron chi connectivity index (χ2n) is 16.5. The summed E-state index contributed by atoms with van der Waals surface area (Å²) in [5, 5.41) is 10.8. The van der Waals surface area contributed by atoms with Crippen molar-refractivity contribution in [3.8, 4) is 23.0 Å². The van der Waals surface area contributed by atoms with Gasteiger partial charge in [0.05, 0.1) is 34.6 Å². The first-order valence-electron chi connectivity index (χ1n) is 21.0. The minimum absolute atomic E-state index is 0.0205. The molecule has 1 saturated heterocycles. The Morgan fingerprint density at radius 2 is 1.02 bits per heavy atom. The molecule has 0 unspecified atom stereocenters. The molecular weight excluding hydrogens is 887 g/mol. The molecule has 0 radical (unpaired) electrons. The third-order valence-electron chi connectivity index (χ3n) is 10.4. The molecule has 66 heavy (non-hydrogen) atoms. The molecule has 0 atom stereocenters. The standard InChI is InChI=1S/C28H36N4O6S.C19H21N3O4S/c1-28(2,3)38-27(33)30-16-23(17-30)18-31-15-14-26(29-31)39(34,35)32(19-21-6-10-24(36-4)11-7-21)20-22-8-12-25(37-5)13-9-22;1-25-17-7-3-15(4-8-17)13-22(27(23,24)19-11-12-20-21-19)14-16-5-9-18(26-2)10-6-16/h6-15,23H,16-20H2,1-5H3;3-12H,13-14H2,1-2H3,(H,20,21). The number of nitrogens with one attached hydrogen (secondary N) is 1. The number of amides is 1. The van der Waals surface area contributed by atoms with Crippen LogP contribution in [0.2, 0.25) is 0 Å². The number of H-pyrrole nitrogens is 1. The van der Waals surface area contributed by atoms with Crippen LogP contribution in [0.1, 0.15) is 43.0 Å². The van der Waals surface area contributed by atoms with E-state index in [2.05, 4.69) is 15.3 Å². The number of carbonyl (C=O) groups is 1. The fourth-order valence-corrected chi connectivity index (χ4v) is 9.52. The van der Waals surface area contributed by atoms with Crippen LogP contribution in [0.3, 0.4) is 0 Å². The highest BCUT2D eigenvalue weighted by molar-refractivity contribution is 7.89. The topological polar surface area (TPSA) is 188 Å². The molecule has 6 aromatic rings. The average Bonchev–Trinajstić information content (AvgIpc) is 4.02. The van der Waals surface area contributed by atoms with Gasteiger partial charge in [-0.15, -0.1) is 0 Å². The van der Waals surface area contributed by atoms with Crippen LogP contribution in [0.15, 0.2) is 132 Å². The van der Waals surface area contributed by atoms with Crippen LogP contribution in [0.5, 0.6) is 23.0 Å². The number of rotatable bonds is 18. The smallest absolute Gasteiger partial charge is 0.410 e. The summed E-state index contributed by atoms with van der Waals surface area (Å²) in [5.74, 6) is 3.00. The van der Waals surface area contributed by atoms with E-state index in [4.69, 9.17) is 23.7 Å². The number of sulfonamides is 2. The minimum atomic E-state index is -3.92. The van der Waals surface area contributed by atoms with E-state index in [9.17, 15) is 21.6 Å². The molecule has 19 heteroatoms. The lowest BCUT2D eigenvalue weighted by atomic mass is 10.0. The van der Waals surface area contributed by atoms with Crippen molar-refractivity contribution in [3.63, 3.8) is 0 Å². The van der Waals surface area contributed by atoms with E-state index in [0.717, 1.165) is 33.8 Å². The highest BCUT2D eigenvalue weighted by Gasteiger charge is 2.35. The monoisotopic (exact) mass is 943 g/mol. The lowest BCUT2D eigenvalue weighted by molar-refractivity contribution is -0.00388. The minimum Gasteiger partial charge on any atom is -0.497 e. The van der Waals surface area contributed by atoms with Gasteiger partial charge in [-0.05, 0) is 104 Å². The fraction of sp³-hybridized carbons (Fsp3) is 0.340. The lowest BCUT2D eigenvalue weighted by Gasteiger charge is -2.39. The normalized spacial score (nSPS) is 13.1. The van der Waals surface area contributed by atoms with Crippen LogP contribution in [0.25, 0.3) is 0 Å². The molecule has 1 N–H and O–H groups in total. The van der Waals surface area contributed by atoms with E-state index >= 15 is 0 Å². The number of likely N-dealkylation sites (tertiary alicyclic amines) is 1. The van der Waals surface area contributed by atoms with Gasteiger partial charge in [-0.1, -0.05) is 48.5 Å². The third-order valence-corrected chi connectivity index (χ3v) is 13.8. The van der Waals surface area contributed by atoms with E-state index in [1.54, 1.807) is 68.5 Å². The number of carbonyl (C=O) groups excluding carboxylic acids is 1. The molecule has 0 bridgehead atoms. The zero-order chi connectivity index (χ0) is 47.5. The number of aromatic amines is 1. The van der Waals surface area contributed by atoms with Gasteiger partial charge in [0.2, 0.25) is 0 Å². The van der Waals surface area contributed by atoms with Crippen molar-refractivity contribution in [1.29, 1.82) is 0 Å². The van der Waals surface area contributed by atoms with Crippen molar-refractivity contribution in [2.24, 2.45) is 5.92 Å². The third kappa shape index (κ3) is 13.1. The number of hydrogen-bond acceptors (Lipinski definition) is 12. The summed E-state index contributed by atoms with van der Waals surface area (Å²) < 4.78 is 84.3. The first kappa shape index (κ1) is 49.0. The van der Waals surface area contributed by atoms with E-state index in [1.807, 2.05) is 93.6 Å². The van der Waals surface area contributed by atoms with Gasteiger partial charge in [0.25, 0.3) is 20.0 Å². The van der Waals surface area contributed by atoms with E-state index in [1.165, 1.54) is 26.9 Å². The summed E-state index contributed by atoms with van der Waals surface area (Å²) in [7, 11) is -1.30. The number of nitrogens with zero attached hydrogens (tertiary/aromatic N) is 6. The number of benzene rings is 4. The van der Waals surface area contributed by atoms with Crippen molar-refractivity contribution in [2.45, 2.75) is 69.1 Å². The molecule has 7 rings (SSSR count). The van der Waals surface area contributed by atoms with Gasteiger partial charge in [-0.25, -0.2) is 21.6 Å². The average molecular weight is 944 g/mol. The zero-order valence-corrected chi connectivity index (χ0v) is 39.8. The summed E-state index contributed by atoms with van der Waals surface area (Å²) in [6.45, 7) is 7.86. The Morgan fingerprint density at radius 3 is 1.36 bits per heavy atom. The Labute approximate surface area is 386 Å². The number of methoxy groups -OCH3 is 4. The molecule has 17 nitrogen and oxygen atoms in total. The predicted octanol–water partition coefficient (Wildman–Crippen LogP) is 6.98. The van der Waals surface area contributed by atoms with Gasteiger partial charge in [0.15, 0.2) is 10.1 Å². The second-order valence-corrected chi connectivity index (χ2v) is 20.3. The molecule has 352 valence electrons. The number of hydrogen-bond donors (Lipinski definition) is 1. The molecule has 0 aliphatic carbocycles. The Morgan fingerprint density at radius 1 is 0.621 bits per heavy atom. The lowest BCUT2D eigenvalue weighted by Crippen LogP contribution is -2.52. The molecule has 1 fully saturated rings. The van der Waals surface area contributed by atoms with Crippen LogP contribution in [-0.4, -0.2) is 104 Å². The van der Waals surface area contributed by atoms with Gasteiger partial charge in [0.1, 0.15) is 28.6 Å². The first-order chi connectivity index (χ1) is 31.5. The van der Waals surface area contributed by atoms with Gasteiger partial charge in [-0.2, -0.15) is 18.8 Å². The molecule has 1 aliphatic rings. The molecule has 1 amide bonds. The highest BCUT2D eigenvalue weighted by atomic mass is 32.2. The summed E-state index contributed by atoms with van der Waals surface area (Å²) >= 11 is 0. The maximum absolute atomic E-state index is 13.8. The van der Waals surface area contributed by atoms with Crippen LogP contribution >= 0.6 is 0 Å². The molecule has 0 saturated carbocycles. The van der Waals surface area contributed by atoms with Gasteiger partial charge >= 0.3 is 6.09 Å². The van der Waals surface area contributed by atoms with E-state index < -0.39 is 25.6 Å². The maximum Gasteiger partial charge on any atom is 0.410 e. The molecule has 0 spiro atoms. The Kier molecular flexibility index (Phi) is 16.1. The molecular formula is C47H57N7O10S2. The van der Waals surface area contributed by atoms with Gasteiger partial charge < -0.3 is 28.6 Å². The van der Waals surface area contributed by atoms with Gasteiger partial charge in [0, 0.05) is 57.9 Å². The number of aromatic nitrogens is 4. The van der Waals surface area contributed by atoms with Crippen LogP contribution in [-0.2, 0) is 57.5 Å². The van der Waals surface area contributed by atoms with Crippen molar-refractivity contribution in [2.75, 3.05) is 41.5 Å².